The molecule has 330 valence electrons. The van der Waals surface area contributed by atoms with E-state index in [4.69, 9.17) is 39.3 Å². The summed E-state index contributed by atoms with van der Waals surface area (Å²) >= 11 is 0. The first-order valence-corrected chi connectivity index (χ1v) is 20.4. The number of phenols is 1. The number of imidazole rings is 1. The van der Waals surface area contributed by atoms with E-state index in [1.807, 2.05) is 40.7 Å². The van der Waals surface area contributed by atoms with Crippen LogP contribution in [0.1, 0.15) is 138 Å². The molecule has 8 rings (SSSR count). The van der Waals surface area contributed by atoms with Gasteiger partial charge in [-0.25, -0.2) is 4.98 Å². The van der Waals surface area contributed by atoms with Crippen LogP contribution in [0.4, 0.5) is 0 Å². The van der Waals surface area contributed by atoms with Crippen LogP contribution in [-0.4, -0.2) is 19.6 Å². The van der Waals surface area contributed by atoms with Crippen molar-refractivity contribution in [2.75, 3.05) is 0 Å². The van der Waals surface area contributed by atoms with Crippen molar-refractivity contribution in [3.63, 3.8) is 0 Å². The van der Waals surface area contributed by atoms with E-state index >= 15 is 0 Å². The summed E-state index contributed by atoms with van der Waals surface area (Å²) < 4.78 is 218. The molecule has 2 aromatic heterocycles. The fourth-order valence-corrected chi connectivity index (χ4v) is 7.75. The number of hydrogen-bond acceptors (Lipinski definition) is 3. The Labute approximate surface area is 431 Å². The van der Waals surface area contributed by atoms with Crippen LogP contribution < -0.4 is 0 Å². The minimum Gasteiger partial charge on any atom is -0.507 e. The van der Waals surface area contributed by atoms with Gasteiger partial charge < -0.3 is 5.11 Å². The molecule has 1 N–H and O–H groups in total. The van der Waals surface area contributed by atoms with Gasteiger partial charge in [-0.1, -0.05) is 177 Å². The number of pyridine rings is 1. The molecule has 0 unspecified atom stereocenters. The van der Waals surface area contributed by atoms with Gasteiger partial charge in [0, 0.05) is 72.9 Å². The molecule has 2 heterocycles. The number of para-hydroxylation sites is 1. The molecule has 0 saturated carbocycles. The number of hydrogen-bond donors (Lipinski definition) is 1. The third kappa shape index (κ3) is 9.45. The Morgan fingerprint density at radius 1 is 0.688 bits per heavy atom. The number of aromatic nitrogens is 3. The van der Waals surface area contributed by atoms with Crippen molar-refractivity contribution in [1.82, 2.24) is 14.5 Å². The average molecular weight is 1050 g/mol. The van der Waals surface area contributed by atoms with Gasteiger partial charge in [0.2, 0.25) is 0 Å². The maximum absolute atomic E-state index is 13.1. The van der Waals surface area contributed by atoms with E-state index in [-0.39, 0.29) is 72.2 Å². The van der Waals surface area contributed by atoms with Crippen molar-refractivity contribution in [2.45, 2.75) is 105 Å². The Morgan fingerprint density at radius 3 is 2.09 bits per heavy atom. The average Bonchev–Trinajstić information content (AvgIpc) is 1.12. The summed E-state index contributed by atoms with van der Waals surface area (Å²) in [6, 6.07) is 27.3. The smallest absolute Gasteiger partial charge is 0.148 e. The minimum atomic E-state index is -4.20. The van der Waals surface area contributed by atoms with E-state index in [1.165, 1.54) is 22.9 Å². The Hall–Kier alpha value is -5.57. The summed E-state index contributed by atoms with van der Waals surface area (Å²) in [5.74, 6) is -1.80. The fourth-order valence-electron chi connectivity index (χ4n) is 7.75. The number of fused-ring (bicyclic) bond motifs is 1. The van der Waals surface area contributed by atoms with E-state index in [2.05, 4.69) is 11.1 Å². The topological polar surface area (TPSA) is 50.9 Å². The second-order valence-corrected chi connectivity index (χ2v) is 17.3. The third-order valence-corrected chi connectivity index (χ3v) is 10.9. The molecule has 0 saturated heterocycles. The molecule has 8 aromatic rings. The number of aromatic hydroxyl groups is 1. The third-order valence-electron chi connectivity index (χ3n) is 10.9. The fraction of sp³-hybridized carbons (Fsp3) is 0.288. The zero-order valence-electron chi connectivity index (χ0n) is 60.8. The molecule has 0 fully saturated rings. The molecule has 0 aliphatic carbocycles. The molecule has 64 heavy (non-hydrogen) atoms. The van der Waals surface area contributed by atoms with Gasteiger partial charge in [0.1, 0.15) is 11.6 Å². The van der Waals surface area contributed by atoms with Crippen molar-refractivity contribution in [3.05, 3.63) is 167 Å². The number of benzene rings is 6. The zero-order chi connectivity index (χ0) is 66.0. The molecule has 0 amide bonds. The number of nitrogens with zero attached hydrogens (tertiary/aromatic N) is 3. The molecule has 0 radical (unpaired) electrons. The molecule has 0 atom stereocenters. The van der Waals surface area contributed by atoms with Crippen LogP contribution in [0.5, 0.6) is 5.75 Å². The molecule has 4 nitrogen and oxygen atoms in total. The summed E-state index contributed by atoms with van der Waals surface area (Å²) in [4.78, 5) is 9.76. The molecule has 0 aliphatic heterocycles. The van der Waals surface area contributed by atoms with Gasteiger partial charge in [0.05, 0.1) is 27.8 Å². The van der Waals surface area contributed by atoms with Crippen LogP contribution in [-0.2, 0) is 43.7 Å². The van der Waals surface area contributed by atoms with Crippen molar-refractivity contribution in [1.29, 1.82) is 0 Å². The number of phenolic OH excluding ortho intramolecular Hbond substituents is 1. The predicted molar refractivity (Wildman–Crippen MR) is 266 cm³/mol. The van der Waals surface area contributed by atoms with Crippen molar-refractivity contribution in [2.24, 2.45) is 5.92 Å². The summed E-state index contributed by atoms with van der Waals surface area (Å²) in [6.45, 7) is -18.1. The van der Waals surface area contributed by atoms with E-state index in [0.717, 1.165) is 5.56 Å². The molecule has 0 spiro atoms. The SMILES string of the molecule is [2H]c1c([2H])c(C([2H])([2H])[2H])c([2H])c([2H])c1-c1ccnc(-c2[c-]c(-c3cccc4c3nc(-c3cc(C(C([2H])([2H])[2H])(C([2H])([2H])[2H])C([2H])([2H])[2H])cc(C(C([2H])([2H])[2H])(C([2H])([2H])[2H])C([2H])([2H])[2H])c3O)n4-c3ccc(CC(C)C)cc3-c3ccccc3)cc(C(C)(C)C)c2)c1.[Pt]. The van der Waals surface area contributed by atoms with Gasteiger partial charge in [-0.05, 0) is 93.6 Å². The summed E-state index contributed by atoms with van der Waals surface area (Å²) in [6.07, 6.45) is 1.93. The van der Waals surface area contributed by atoms with Crippen molar-refractivity contribution >= 4 is 11.0 Å². The Morgan fingerprint density at radius 2 is 1.41 bits per heavy atom. The molecule has 5 heteroatoms. The summed E-state index contributed by atoms with van der Waals surface area (Å²) in [7, 11) is 0. The maximum atomic E-state index is 13.1. The van der Waals surface area contributed by atoms with E-state index in [0.29, 0.717) is 40.3 Å². The van der Waals surface area contributed by atoms with Gasteiger partial charge in [0.25, 0.3) is 0 Å². The second kappa shape index (κ2) is 17.8. The second-order valence-electron chi connectivity index (χ2n) is 17.3. The predicted octanol–water partition coefficient (Wildman–Crippen LogP) is 15.7. The molecule has 0 bridgehead atoms. The first kappa shape index (κ1) is 24.1. The van der Waals surface area contributed by atoms with Crippen molar-refractivity contribution in [3.8, 4) is 67.5 Å². The monoisotopic (exact) mass is 1050 g/mol. The molecular formula is C59H62N3OPt-. The van der Waals surface area contributed by atoms with Gasteiger partial charge >= 0.3 is 0 Å². The van der Waals surface area contributed by atoms with Gasteiger partial charge in [-0.2, -0.15) is 0 Å². The van der Waals surface area contributed by atoms with Crippen LogP contribution in [0, 0.1) is 18.8 Å². The van der Waals surface area contributed by atoms with E-state index in [1.54, 1.807) is 72.8 Å². The first-order chi connectivity index (χ1) is 40.1. The molecular weight excluding hydrogens is 962 g/mol. The standard InChI is InChI=1S/C59H62N3O.Pt/c1-37(2)29-39-23-26-52(48(30-39)41-17-14-13-15-18-41)62-53-20-16-19-47(54(53)61-56(62)49-35-46(58(7,8)9)36-50(55(49)63)59(10,11)12)43-31-44(33-45(32-43)57(4,5)6)51-34-42(27-28-60-51)40-24-21-38(3)22-25-40;/h13-28,30,32-37,63H,29H2,1-12H3;/q-1;/i3D3,7D3,8D3,9D3,10D3,11D3,12D3,21D,22D,24D,25D;. The summed E-state index contributed by atoms with van der Waals surface area (Å²) in [5, 5.41) is 13.1. The first-order valence-electron chi connectivity index (χ1n) is 32.9. The molecule has 0 aliphatic rings. The summed E-state index contributed by atoms with van der Waals surface area (Å²) in [5.41, 5.74) is -9.30. The van der Waals surface area contributed by atoms with Crippen LogP contribution in [0.15, 0.2) is 133 Å². The van der Waals surface area contributed by atoms with E-state index in [9.17, 15) is 5.11 Å². The van der Waals surface area contributed by atoms with Gasteiger partial charge in [-0.15, -0.1) is 29.3 Å². The van der Waals surface area contributed by atoms with Gasteiger partial charge in [-0.3, -0.25) is 9.55 Å². The van der Waals surface area contributed by atoms with Crippen molar-refractivity contribution < 1.29 is 60.4 Å². The largest absolute Gasteiger partial charge is 0.507 e. The van der Waals surface area contributed by atoms with Crippen LogP contribution in [0.2, 0.25) is 0 Å². The molecule has 6 aromatic carbocycles. The Kier molecular flexibility index (Phi) is 6.69. The van der Waals surface area contributed by atoms with Crippen LogP contribution >= 0.6 is 0 Å². The van der Waals surface area contributed by atoms with Crippen LogP contribution in [0.3, 0.4) is 0 Å². The Balaban J connectivity index is 0.0000113. The van der Waals surface area contributed by atoms with E-state index < -0.39 is 122 Å². The van der Waals surface area contributed by atoms with Crippen LogP contribution in [0.25, 0.3) is 72.7 Å². The Bertz CT molecular complexity index is 3890. The number of rotatable bonds is 8. The minimum absolute atomic E-state index is 0. The van der Waals surface area contributed by atoms with Gasteiger partial charge in [0.15, 0.2) is 0 Å². The normalized spacial score (nSPS) is 19.3. The zero-order valence-corrected chi connectivity index (χ0v) is 38.1. The quantitative estimate of drug-likeness (QED) is 0.154. The maximum Gasteiger partial charge on any atom is 0.148 e.